The van der Waals surface area contributed by atoms with Crippen LogP contribution in [0.15, 0.2) is 24.3 Å². The minimum atomic E-state index is -2.80. The predicted molar refractivity (Wildman–Crippen MR) is 69.7 cm³/mol. The quantitative estimate of drug-likeness (QED) is 0.829. The summed E-state index contributed by atoms with van der Waals surface area (Å²) in [5, 5.41) is 9.38. The Morgan fingerprint density at radius 1 is 1.35 bits per heavy atom. The van der Waals surface area contributed by atoms with Crippen LogP contribution in [0.25, 0.3) is 0 Å². The lowest BCUT2D eigenvalue weighted by molar-refractivity contribution is -0.147. The topological polar surface area (TPSA) is 41.9 Å². The first kappa shape index (κ1) is 15.2. The zero-order valence-electron chi connectivity index (χ0n) is 11.4. The third-order valence-corrected chi connectivity index (χ3v) is 3.36. The summed E-state index contributed by atoms with van der Waals surface area (Å²) >= 11 is 0. The molecule has 2 rings (SSSR count). The summed E-state index contributed by atoms with van der Waals surface area (Å²) in [4.78, 5) is 2.09. The molecule has 0 radical (unpaired) electrons. The number of aliphatic hydroxyl groups is 1. The molecule has 4 nitrogen and oxygen atoms in total. The van der Waals surface area contributed by atoms with Crippen LogP contribution < -0.4 is 4.74 Å². The van der Waals surface area contributed by atoms with Gasteiger partial charge >= 0.3 is 6.61 Å². The average Bonchev–Trinajstić information content (AvgIpc) is 2.36. The predicted octanol–water partition coefficient (Wildman–Crippen LogP) is 1.73. The molecule has 1 aromatic rings. The van der Waals surface area contributed by atoms with E-state index in [-0.39, 0.29) is 17.8 Å². The molecular formula is C14H19F2NO3. The molecule has 112 valence electrons. The highest BCUT2D eigenvalue weighted by Gasteiger charge is 2.38. The highest BCUT2D eigenvalue weighted by molar-refractivity contribution is 5.27. The molecule has 1 fully saturated rings. The third kappa shape index (κ3) is 3.88. The van der Waals surface area contributed by atoms with Crippen LogP contribution in [-0.4, -0.2) is 50.0 Å². The van der Waals surface area contributed by atoms with Gasteiger partial charge in [-0.1, -0.05) is 12.1 Å². The van der Waals surface area contributed by atoms with Crippen LogP contribution in [0.3, 0.4) is 0 Å². The Kier molecular flexibility index (Phi) is 4.91. The molecule has 0 spiro atoms. The molecule has 1 N–H and O–H groups in total. The molecule has 1 saturated heterocycles. The number of halogens is 2. The second kappa shape index (κ2) is 6.47. The Hall–Kier alpha value is -1.24. The Morgan fingerprint density at radius 3 is 2.45 bits per heavy atom. The third-order valence-electron chi connectivity index (χ3n) is 3.36. The van der Waals surface area contributed by atoms with Crippen LogP contribution in [0, 0.1) is 5.41 Å². The van der Waals surface area contributed by atoms with Crippen molar-refractivity contribution in [2.45, 2.75) is 13.2 Å². The second-order valence-corrected chi connectivity index (χ2v) is 5.35. The van der Waals surface area contributed by atoms with Crippen LogP contribution in [0.4, 0.5) is 8.78 Å². The van der Waals surface area contributed by atoms with Gasteiger partial charge in [0.2, 0.25) is 0 Å². The summed E-state index contributed by atoms with van der Waals surface area (Å²) in [6, 6.07) is 6.58. The fourth-order valence-corrected chi connectivity index (χ4v) is 2.34. The number of nitrogens with zero attached hydrogens (tertiary/aromatic N) is 1. The van der Waals surface area contributed by atoms with Crippen molar-refractivity contribution in [1.82, 2.24) is 4.90 Å². The molecule has 0 unspecified atom stereocenters. The highest BCUT2D eigenvalue weighted by Crippen LogP contribution is 2.28. The minimum absolute atomic E-state index is 0.110. The minimum Gasteiger partial charge on any atom is -0.435 e. The maximum atomic E-state index is 12.0. The molecule has 20 heavy (non-hydrogen) atoms. The second-order valence-electron chi connectivity index (χ2n) is 5.35. The van der Waals surface area contributed by atoms with Gasteiger partial charge in [-0.15, -0.1) is 0 Å². The molecule has 1 aliphatic rings. The number of alkyl halides is 2. The number of hydrogen-bond donors (Lipinski definition) is 1. The van der Waals surface area contributed by atoms with Gasteiger partial charge in [0.05, 0.1) is 25.2 Å². The zero-order valence-corrected chi connectivity index (χ0v) is 11.4. The van der Waals surface area contributed by atoms with Gasteiger partial charge in [-0.25, -0.2) is 0 Å². The van der Waals surface area contributed by atoms with Gasteiger partial charge in [0.1, 0.15) is 5.75 Å². The van der Waals surface area contributed by atoms with E-state index in [0.717, 1.165) is 12.1 Å². The Balaban J connectivity index is 1.86. The lowest BCUT2D eigenvalue weighted by atomic mass is 9.86. The summed E-state index contributed by atoms with van der Waals surface area (Å²) in [6.07, 6.45) is 0. The summed E-state index contributed by atoms with van der Waals surface area (Å²) in [7, 11) is 1.96. The normalized spacial score (nSPS) is 17.3. The first-order chi connectivity index (χ1) is 9.53. The summed E-state index contributed by atoms with van der Waals surface area (Å²) in [5.74, 6) is 0.158. The van der Waals surface area contributed by atoms with Crippen LogP contribution in [0.1, 0.15) is 5.56 Å². The smallest absolute Gasteiger partial charge is 0.387 e. The van der Waals surface area contributed by atoms with Crippen molar-refractivity contribution in [1.29, 1.82) is 0 Å². The van der Waals surface area contributed by atoms with E-state index < -0.39 is 6.61 Å². The van der Waals surface area contributed by atoms with Crippen LogP contribution >= 0.6 is 0 Å². The molecule has 1 aliphatic heterocycles. The summed E-state index contributed by atoms with van der Waals surface area (Å²) in [5.41, 5.74) is 0.843. The molecule has 6 heteroatoms. The van der Waals surface area contributed by atoms with Gasteiger partial charge in [0.25, 0.3) is 0 Å². The van der Waals surface area contributed by atoms with Gasteiger partial charge in [0, 0.05) is 13.1 Å². The van der Waals surface area contributed by atoms with Crippen molar-refractivity contribution in [2.24, 2.45) is 5.41 Å². The Bertz CT molecular complexity index is 415. The van der Waals surface area contributed by atoms with Gasteiger partial charge in [-0.2, -0.15) is 8.78 Å². The fourth-order valence-electron chi connectivity index (χ4n) is 2.34. The maximum Gasteiger partial charge on any atom is 0.387 e. The van der Waals surface area contributed by atoms with Gasteiger partial charge in [-0.3, -0.25) is 0 Å². The Morgan fingerprint density at radius 2 is 2.00 bits per heavy atom. The van der Waals surface area contributed by atoms with Crippen molar-refractivity contribution in [2.75, 3.05) is 33.4 Å². The molecule has 0 aromatic heterocycles. The monoisotopic (exact) mass is 287 g/mol. The summed E-state index contributed by atoms with van der Waals surface area (Å²) in [6.45, 7) is -0.121. The van der Waals surface area contributed by atoms with E-state index in [1.807, 2.05) is 7.05 Å². The van der Waals surface area contributed by atoms with E-state index in [2.05, 4.69) is 9.64 Å². The number of benzene rings is 1. The molecule has 0 atom stereocenters. The van der Waals surface area contributed by atoms with E-state index >= 15 is 0 Å². The lowest BCUT2D eigenvalue weighted by Gasteiger charge is -2.42. The van der Waals surface area contributed by atoms with Crippen LogP contribution in [0.2, 0.25) is 0 Å². The average molecular weight is 287 g/mol. The van der Waals surface area contributed by atoms with E-state index in [1.54, 1.807) is 12.1 Å². The molecule has 0 bridgehead atoms. The van der Waals surface area contributed by atoms with Gasteiger partial charge in [0.15, 0.2) is 0 Å². The first-order valence-corrected chi connectivity index (χ1v) is 6.44. The molecule has 1 heterocycles. The van der Waals surface area contributed by atoms with Gasteiger partial charge < -0.3 is 19.5 Å². The number of ether oxygens (including phenoxy) is 2. The van der Waals surface area contributed by atoms with Crippen LogP contribution in [-0.2, 0) is 11.3 Å². The number of hydrogen-bond acceptors (Lipinski definition) is 4. The molecular weight excluding hydrogens is 268 g/mol. The van der Waals surface area contributed by atoms with E-state index in [9.17, 15) is 13.9 Å². The van der Waals surface area contributed by atoms with Crippen molar-refractivity contribution in [3.63, 3.8) is 0 Å². The fraction of sp³-hybridized carbons (Fsp3) is 0.571. The van der Waals surface area contributed by atoms with Crippen LogP contribution in [0.5, 0.6) is 5.75 Å². The largest absolute Gasteiger partial charge is 0.435 e. The van der Waals surface area contributed by atoms with Crippen molar-refractivity contribution in [3.8, 4) is 5.75 Å². The molecule has 0 saturated carbocycles. The number of aliphatic hydroxyl groups excluding tert-OH is 1. The SMILES string of the molecule is CN(Cc1ccc(OC(F)F)cc1)CC1(CO)COC1. The standard InChI is InChI=1S/C14H19F2NO3/c1-17(7-14(8-18)9-19-10-14)6-11-2-4-12(5-3-11)20-13(15)16/h2-5,13,18H,6-10H2,1H3. The van der Waals surface area contributed by atoms with E-state index in [1.165, 1.54) is 12.1 Å². The van der Waals surface area contributed by atoms with Crippen molar-refractivity contribution < 1.29 is 23.4 Å². The number of rotatable bonds is 7. The molecule has 0 aliphatic carbocycles. The molecule has 1 aromatic carbocycles. The maximum absolute atomic E-state index is 12.0. The van der Waals surface area contributed by atoms with Gasteiger partial charge in [-0.05, 0) is 24.7 Å². The zero-order chi connectivity index (χ0) is 14.6. The Labute approximate surface area is 116 Å². The lowest BCUT2D eigenvalue weighted by Crippen LogP contribution is -2.52. The van der Waals surface area contributed by atoms with Crippen molar-refractivity contribution in [3.05, 3.63) is 29.8 Å². The molecule has 0 amide bonds. The van der Waals surface area contributed by atoms with E-state index in [0.29, 0.717) is 19.8 Å². The summed E-state index contributed by atoms with van der Waals surface area (Å²) < 4.78 is 33.5. The van der Waals surface area contributed by atoms with E-state index in [4.69, 9.17) is 4.74 Å². The highest BCUT2D eigenvalue weighted by atomic mass is 19.3. The first-order valence-electron chi connectivity index (χ1n) is 6.44. The van der Waals surface area contributed by atoms with Crippen molar-refractivity contribution >= 4 is 0 Å².